The number of carbonyl (C=O) groups is 1. The molecule has 0 N–H and O–H groups in total. The Morgan fingerprint density at radius 3 is 2.46 bits per heavy atom. The molecule has 0 aliphatic heterocycles. The molecule has 138 valence electrons. The standard InChI is InChI=1S/C23H29NO2/c1-3-22(23(25)24(4-2)17-18-10-6-5-7-11-18)26-21-15-14-19-12-8-9-13-20(19)16-21/h5-7,10-11,14-16,22H,3-4,8-9,12-13,17H2,1-2H3/t22-/m0/s1. The Kier molecular flexibility index (Phi) is 6.32. The number of fused-ring (bicyclic) bond motifs is 1. The van der Waals surface area contributed by atoms with E-state index >= 15 is 0 Å². The van der Waals surface area contributed by atoms with Crippen LogP contribution >= 0.6 is 0 Å². The zero-order valence-corrected chi connectivity index (χ0v) is 15.9. The lowest BCUT2D eigenvalue weighted by Gasteiger charge is -2.27. The summed E-state index contributed by atoms with van der Waals surface area (Å²) in [5.74, 6) is 0.887. The van der Waals surface area contributed by atoms with Crippen LogP contribution in [0.1, 0.15) is 49.8 Å². The maximum absolute atomic E-state index is 13.0. The molecular formula is C23H29NO2. The Labute approximate surface area is 157 Å². The van der Waals surface area contributed by atoms with E-state index in [2.05, 4.69) is 24.3 Å². The lowest BCUT2D eigenvalue weighted by Crippen LogP contribution is -2.41. The Morgan fingerprint density at radius 1 is 1.04 bits per heavy atom. The van der Waals surface area contributed by atoms with Crippen molar-refractivity contribution in [1.82, 2.24) is 4.90 Å². The fourth-order valence-corrected chi connectivity index (χ4v) is 3.61. The van der Waals surface area contributed by atoms with Crippen molar-refractivity contribution in [1.29, 1.82) is 0 Å². The first-order valence-electron chi connectivity index (χ1n) is 9.82. The van der Waals surface area contributed by atoms with Crippen molar-refractivity contribution >= 4 is 5.91 Å². The van der Waals surface area contributed by atoms with Crippen LogP contribution in [0, 0.1) is 0 Å². The second-order valence-corrected chi connectivity index (χ2v) is 6.99. The first kappa shape index (κ1) is 18.5. The molecule has 3 heteroatoms. The van der Waals surface area contributed by atoms with Crippen molar-refractivity contribution in [2.45, 2.75) is 58.6 Å². The van der Waals surface area contributed by atoms with Crippen LogP contribution in [-0.4, -0.2) is 23.5 Å². The van der Waals surface area contributed by atoms with Crippen molar-refractivity contribution in [2.24, 2.45) is 0 Å². The van der Waals surface area contributed by atoms with Crippen LogP contribution in [0.25, 0.3) is 0 Å². The van der Waals surface area contributed by atoms with Crippen LogP contribution in [0.5, 0.6) is 5.75 Å². The number of rotatable bonds is 7. The van der Waals surface area contributed by atoms with Crippen LogP contribution < -0.4 is 4.74 Å². The topological polar surface area (TPSA) is 29.5 Å². The van der Waals surface area contributed by atoms with Gasteiger partial charge in [0.15, 0.2) is 6.10 Å². The number of hydrogen-bond acceptors (Lipinski definition) is 2. The van der Waals surface area contributed by atoms with Gasteiger partial charge in [0.25, 0.3) is 5.91 Å². The number of nitrogens with zero attached hydrogens (tertiary/aromatic N) is 1. The van der Waals surface area contributed by atoms with Crippen molar-refractivity contribution in [3.05, 3.63) is 65.2 Å². The number of likely N-dealkylation sites (N-methyl/N-ethyl adjacent to an activating group) is 1. The van der Waals surface area contributed by atoms with Gasteiger partial charge in [0.05, 0.1) is 0 Å². The molecule has 0 radical (unpaired) electrons. The average molecular weight is 351 g/mol. The largest absolute Gasteiger partial charge is 0.481 e. The van der Waals surface area contributed by atoms with Gasteiger partial charge < -0.3 is 9.64 Å². The summed E-state index contributed by atoms with van der Waals surface area (Å²) >= 11 is 0. The highest BCUT2D eigenvalue weighted by Gasteiger charge is 2.24. The number of benzene rings is 2. The maximum atomic E-state index is 13.0. The Balaban J connectivity index is 1.69. The molecule has 1 aliphatic rings. The van der Waals surface area contributed by atoms with Gasteiger partial charge in [-0.1, -0.05) is 43.3 Å². The smallest absolute Gasteiger partial charge is 0.263 e. The van der Waals surface area contributed by atoms with Crippen molar-refractivity contribution in [2.75, 3.05) is 6.54 Å². The van der Waals surface area contributed by atoms with E-state index in [0.717, 1.165) is 24.2 Å². The first-order chi connectivity index (χ1) is 12.7. The fourth-order valence-electron chi connectivity index (χ4n) is 3.61. The first-order valence-corrected chi connectivity index (χ1v) is 9.82. The van der Waals surface area contributed by atoms with Gasteiger partial charge in [0, 0.05) is 13.1 Å². The third kappa shape index (κ3) is 4.46. The van der Waals surface area contributed by atoms with Gasteiger partial charge in [0.1, 0.15) is 5.75 Å². The third-order valence-electron chi connectivity index (χ3n) is 5.15. The average Bonchev–Trinajstić information content (AvgIpc) is 2.70. The number of hydrogen-bond donors (Lipinski definition) is 0. The third-order valence-corrected chi connectivity index (χ3v) is 5.15. The van der Waals surface area contributed by atoms with Crippen LogP contribution in [0.4, 0.5) is 0 Å². The molecule has 0 saturated heterocycles. The number of ether oxygens (including phenoxy) is 1. The molecule has 2 aromatic carbocycles. The second-order valence-electron chi connectivity index (χ2n) is 6.99. The summed E-state index contributed by atoms with van der Waals surface area (Å²) in [5.41, 5.74) is 3.96. The van der Waals surface area contributed by atoms with Crippen LogP contribution in [-0.2, 0) is 24.2 Å². The molecule has 0 heterocycles. The molecule has 0 aromatic heterocycles. The summed E-state index contributed by atoms with van der Waals surface area (Å²) in [4.78, 5) is 14.9. The molecule has 3 rings (SSSR count). The van der Waals surface area contributed by atoms with E-state index in [0.29, 0.717) is 19.5 Å². The molecule has 0 saturated carbocycles. The molecule has 0 bridgehead atoms. The summed E-state index contributed by atoms with van der Waals surface area (Å²) in [6.07, 6.45) is 5.03. The predicted octanol–water partition coefficient (Wildman–Crippen LogP) is 4.77. The molecule has 2 aromatic rings. The molecule has 1 amide bonds. The van der Waals surface area contributed by atoms with Gasteiger partial charge in [-0.05, 0) is 67.9 Å². The number of carbonyl (C=O) groups excluding carboxylic acids is 1. The second kappa shape index (κ2) is 8.88. The summed E-state index contributed by atoms with van der Waals surface area (Å²) in [6, 6.07) is 16.5. The fraction of sp³-hybridized carbons (Fsp3) is 0.435. The SMILES string of the molecule is CC[C@H](Oc1ccc2c(c1)CCCC2)C(=O)N(CC)Cc1ccccc1. The van der Waals surface area contributed by atoms with Crippen molar-refractivity contribution in [3.8, 4) is 5.75 Å². The molecule has 26 heavy (non-hydrogen) atoms. The quantitative estimate of drug-likeness (QED) is 0.719. The lowest BCUT2D eigenvalue weighted by molar-refractivity contribution is -0.139. The maximum Gasteiger partial charge on any atom is 0.263 e. The summed E-state index contributed by atoms with van der Waals surface area (Å²) in [5, 5.41) is 0. The highest BCUT2D eigenvalue weighted by Crippen LogP contribution is 2.26. The van der Waals surface area contributed by atoms with Gasteiger partial charge >= 0.3 is 0 Å². The zero-order valence-electron chi connectivity index (χ0n) is 15.9. The van der Waals surface area contributed by atoms with Crippen LogP contribution in [0.3, 0.4) is 0 Å². The van der Waals surface area contributed by atoms with Crippen molar-refractivity contribution in [3.63, 3.8) is 0 Å². The Hall–Kier alpha value is -2.29. The zero-order chi connectivity index (χ0) is 18.4. The highest BCUT2D eigenvalue weighted by atomic mass is 16.5. The molecule has 1 atom stereocenters. The predicted molar refractivity (Wildman–Crippen MR) is 105 cm³/mol. The Morgan fingerprint density at radius 2 is 1.77 bits per heavy atom. The molecule has 1 aliphatic carbocycles. The minimum Gasteiger partial charge on any atom is -0.481 e. The van der Waals surface area contributed by atoms with E-state index in [1.165, 1.54) is 24.0 Å². The van der Waals surface area contributed by atoms with Crippen LogP contribution in [0.2, 0.25) is 0 Å². The summed E-state index contributed by atoms with van der Waals surface area (Å²) in [7, 11) is 0. The molecule has 0 unspecified atom stereocenters. The minimum atomic E-state index is -0.430. The number of aryl methyl sites for hydroxylation is 2. The van der Waals surface area contributed by atoms with E-state index in [4.69, 9.17) is 4.74 Å². The van der Waals surface area contributed by atoms with Gasteiger partial charge in [-0.25, -0.2) is 0 Å². The van der Waals surface area contributed by atoms with E-state index in [1.54, 1.807) is 0 Å². The number of amides is 1. The minimum absolute atomic E-state index is 0.0663. The van der Waals surface area contributed by atoms with Gasteiger partial charge in [-0.3, -0.25) is 4.79 Å². The van der Waals surface area contributed by atoms with E-state index in [9.17, 15) is 4.79 Å². The summed E-state index contributed by atoms with van der Waals surface area (Å²) in [6.45, 7) is 5.34. The molecule has 0 spiro atoms. The van der Waals surface area contributed by atoms with E-state index in [-0.39, 0.29) is 5.91 Å². The van der Waals surface area contributed by atoms with E-state index < -0.39 is 6.10 Å². The molecule has 3 nitrogen and oxygen atoms in total. The lowest BCUT2D eigenvalue weighted by atomic mass is 9.92. The Bertz CT molecular complexity index is 726. The molecule has 0 fully saturated rings. The van der Waals surface area contributed by atoms with Crippen LogP contribution in [0.15, 0.2) is 48.5 Å². The van der Waals surface area contributed by atoms with Gasteiger partial charge in [-0.15, -0.1) is 0 Å². The monoisotopic (exact) mass is 351 g/mol. The summed E-state index contributed by atoms with van der Waals surface area (Å²) < 4.78 is 6.12. The van der Waals surface area contributed by atoms with Crippen molar-refractivity contribution < 1.29 is 9.53 Å². The van der Waals surface area contributed by atoms with E-state index in [1.807, 2.05) is 43.0 Å². The van der Waals surface area contributed by atoms with Gasteiger partial charge in [-0.2, -0.15) is 0 Å². The van der Waals surface area contributed by atoms with Gasteiger partial charge in [0.2, 0.25) is 0 Å². The normalized spacial score (nSPS) is 14.4. The highest BCUT2D eigenvalue weighted by molar-refractivity contribution is 5.81. The molecular weight excluding hydrogens is 322 g/mol.